The highest BCUT2D eigenvalue weighted by Gasteiger charge is 2.21. The first-order chi connectivity index (χ1) is 12.9. The number of nitrogens with zero attached hydrogens (tertiary/aromatic N) is 3. The predicted molar refractivity (Wildman–Crippen MR) is 105 cm³/mol. The first-order valence-corrected chi connectivity index (χ1v) is 10.3. The predicted octanol–water partition coefficient (Wildman–Crippen LogP) is 2.92. The van der Waals surface area contributed by atoms with Gasteiger partial charge >= 0.3 is 0 Å². The third kappa shape index (κ3) is 5.22. The van der Waals surface area contributed by atoms with E-state index in [4.69, 9.17) is 9.47 Å². The number of ether oxygens (including phenoxy) is 2. The molecule has 27 heavy (non-hydrogen) atoms. The monoisotopic (exact) mass is 394 g/mol. The largest absolute Gasteiger partial charge is 0.497 e. The van der Waals surface area contributed by atoms with Crippen molar-refractivity contribution >= 4 is 21.7 Å². The Morgan fingerprint density at radius 2 is 1.70 bits per heavy atom. The highest BCUT2D eigenvalue weighted by atomic mass is 32.2. The van der Waals surface area contributed by atoms with Crippen LogP contribution in [0.25, 0.3) is 0 Å². The molecule has 1 aromatic carbocycles. The SMILES string of the molecule is CCCN(CCC)c1ccc(NS(=O)(=O)c2ccc(OC)cc2OC)nn1. The van der Waals surface area contributed by atoms with Crippen LogP contribution in [0.5, 0.6) is 11.5 Å². The Bertz CT molecular complexity index is 835. The van der Waals surface area contributed by atoms with Gasteiger partial charge in [-0.3, -0.25) is 4.72 Å². The van der Waals surface area contributed by atoms with E-state index in [1.54, 1.807) is 18.2 Å². The number of benzene rings is 1. The Kier molecular flexibility index (Phi) is 7.23. The molecular weight excluding hydrogens is 368 g/mol. The van der Waals surface area contributed by atoms with E-state index in [0.717, 1.165) is 31.7 Å². The maximum Gasteiger partial charge on any atom is 0.266 e. The summed E-state index contributed by atoms with van der Waals surface area (Å²) in [6.45, 7) is 5.94. The van der Waals surface area contributed by atoms with Crippen LogP contribution in [0.4, 0.5) is 11.6 Å². The zero-order chi connectivity index (χ0) is 19.9. The van der Waals surface area contributed by atoms with Crippen molar-refractivity contribution in [1.29, 1.82) is 0 Å². The van der Waals surface area contributed by atoms with E-state index in [2.05, 4.69) is 33.7 Å². The zero-order valence-corrected chi connectivity index (χ0v) is 16.9. The van der Waals surface area contributed by atoms with Gasteiger partial charge in [0.1, 0.15) is 16.4 Å². The van der Waals surface area contributed by atoms with Crippen molar-refractivity contribution in [1.82, 2.24) is 10.2 Å². The fraction of sp³-hybridized carbons (Fsp3) is 0.444. The molecule has 0 radical (unpaired) electrons. The molecule has 0 bridgehead atoms. The highest BCUT2D eigenvalue weighted by molar-refractivity contribution is 7.92. The number of aromatic nitrogens is 2. The lowest BCUT2D eigenvalue weighted by molar-refractivity contribution is 0.386. The van der Waals surface area contributed by atoms with Crippen LogP contribution in [-0.2, 0) is 10.0 Å². The lowest BCUT2D eigenvalue weighted by Gasteiger charge is -2.21. The standard InChI is InChI=1S/C18H26N4O4S/c1-5-11-22(12-6-2)18-10-9-17(19-20-18)21-27(23,24)16-8-7-14(25-3)13-15(16)26-4/h7-10,13H,5-6,11-12H2,1-4H3,(H,19,21). The molecule has 1 heterocycles. The van der Waals surface area contributed by atoms with Crippen LogP contribution >= 0.6 is 0 Å². The Balaban J connectivity index is 2.23. The van der Waals surface area contributed by atoms with Crippen LogP contribution in [0.3, 0.4) is 0 Å². The van der Waals surface area contributed by atoms with Gasteiger partial charge in [0.25, 0.3) is 10.0 Å². The summed E-state index contributed by atoms with van der Waals surface area (Å²) in [4.78, 5) is 2.12. The Morgan fingerprint density at radius 1 is 1.00 bits per heavy atom. The fourth-order valence-corrected chi connectivity index (χ4v) is 3.77. The van der Waals surface area contributed by atoms with E-state index in [0.29, 0.717) is 5.75 Å². The second-order valence-electron chi connectivity index (χ2n) is 5.89. The summed E-state index contributed by atoms with van der Waals surface area (Å²) in [7, 11) is -0.981. The number of anilines is 2. The van der Waals surface area contributed by atoms with Crippen molar-refractivity contribution in [3.63, 3.8) is 0 Å². The van der Waals surface area contributed by atoms with E-state index in [1.165, 1.54) is 26.4 Å². The molecule has 0 saturated heterocycles. The van der Waals surface area contributed by atoms with Gasteiger partial charge in [-0.15, -0.1) is 10.2 Å². The summed E-state index contributed by atoms with van der Waals surface area (Å²) in [6, 6.07) is 7.86. The second kappa shape index (κ2) is 9.40. The van der Waals surface area contributed by atoms with Gasteiger partial charge in [-0.2, -0.15) is 0 Å². The molecule has 2 rings (SSSR count). The third-order valence-electron chi connectivity index (χ3n) is 3.86. The van der Waals surface area contributed by atoms with Crippen LogP contribution < -0.4 is 19.1 Å². The summed E-state index contributed by atoms with van der Waals surface area (Å²) in [6.07, 6.45) is 1.99. The number of methoxy groups -OCH3 is 2. The van der Waals surface area contributed by atoms with Crippen LogP contribution in [0.15, 0.2) is 35.2 Å². The van der Waals surface area contributed by atoms with Crippen LogP contribution in [0, 0.1) is 0 Å². The molecule has 9 heteroatoms. The van der Waals surface area contributed by atoms with E-state index in [9.17, 15) is 8.42 Å². The maximum atomic E-state index is 12.7. The van der Waals surface area contributed by atoms with Crippen molar-refractivity contribution in [2.75, 3.05) is 36.9 Å². The number of sulfonamides is 1. The molecule has 148 valence electrons. The van der Waals surface area contributed by atoms with Crippen molar-refractivity contribution in [3.05, 3.63) is 30.3 Å². The van der Waals surface area contributed by atoms with Gasteiger partial charge in [0.15, 0.2) is 11.6 Å². The van der Waals surface area contributed by atoms with E-state index in [1.807, 2.05) is 0 Å². The van der Waals surface area contributed by atoms with Crippen LogP contribution in [0.2, 0.25) is 0 Å². The van der Waals surface area contributed by atoms with Gasteiger partial charge < -0.3 is 14.4 Å². The summed E-state index contributed by atoms with van der Waals surface area (Å²) < 4.78 is 38.1. The van der Waals surface area contributed by atoms with Gasteiger partial charge in [0.05, 0.1) is 14.2 Å². The van der Waals surface area contributed by atoms with Crippen LogP contribution in [-0.4, -0.2) is 45.9 Å². The molecule has 0 aliphatic carbocycles. The fourth-order valence-electron chi connectivity index (χ4n) is 2.62. The minimum absolute atomic E-state index is 0.00438. The molecule has 0 atom stereocenters. The van der Waals surface area contributed by atoms with Crippen molar-refractivity contribution in [3.8, 4) is 11.5 Å². The van der Waals surface area contributed by atoms with E-state index >= 15 is 0 Å². The normalized spacial score (nSPS) is 11.1. The zero-order valence-electron chi connectivity index (χ0n) is 16.1. The Morgan fingerprint density at radius 3 is 2.22 bits per heavy atom. The molecule has 8 nitrogen and oxygen atoms in total. The van der Waals surface area contributed by atoms with Crippen molar-refractivity contribution in [2.45, 2.75) is 31.6 Å². The Hall–Kier alpha value is -2.55. The minimum atomic E-state index is -3.88. The molecule has 1 N–H and O–H groups in total. The molecule has 2 aromatic rings. The molecule has 0 saturated carbocycles. The number of rotatable bonds is 10. The molecule has 0 aliphatic rings. The number of hydrogen-bond donors (Lipinski definition) is 1. The average molecular weight is 394 g/mol. The van der Waals surface area contributed by atoms with Gasteiger partial charge in [-0.05, 0) is 37.1 Å². The topological polar surface area (TPSA) is 93.7 Å². The number of nitrogens with one attached hydrogen (secondary N) is 1. The van der Waals surface area contributed by atoms with Crippen molar-refractivity contribution < 1.29 is 17.9 Å². The van der Waals surface area contributed by atoms with Gasteiger partial charge in [0.2, 0.25) is 0 Å². The Labute approximate surface area is 160 Å². The van der Waals surface area contributed by atoms with Gasteiger partial charge in [-0.1, -0.05) is 13.8 Å². The lowest BCUT2D eigenvalue weighted by atomic mass is 10.3. The van der Waals surface area contributed by atoms with Crippen LogP contribution in [0.1, 0.15) is 26.7 Å². The minimum Gasteiger partial charge on any atom is -0.497 e. The summed E-state index contributed by atoms with van der Waals surface area (Å²) in [5, 5.41) is 8.18. The maximum absolute atomic E-state index is 12.7. The molecule has 1 aromatic heterocycles. The first-order valence-electron chi connectivity index (χ1n) is 8.78. The summed E-state index contributed by atoms with van der Waals surface area (Å²) in [5.41, 5.74) is 0. The highest BCUT2D eigenvalue weighted by Crippen LogP contribution is 2.29. The molecule has 0 unspecified atom stereocenters. The third-order valence-corrected chi connectivity index (χ3v) is 5.25. The van der Waals surface area contributed by atoms with E-state index < -0.39 is 10.0 Å². The lowest BCUT2D eigenvalue weighted by Crippen LogP contribution is -2.26. The summed E-state index contributed by atoms with van der Waals surface area (Å²) in [5.74, 6) is 1.55. The molecule has 0 aliphatic heterocycles. The quantitative estimate of drug-likeness (QED) is 0.662. The molecule has 0 fully saturated rings. The average Bonchev–Trinajstić information content (AvgIpc) is 2.67. The smallest absolute Gasteiger partial charge is 0.266 e. The summed E-state index contributed by atoms with van der Waals surface area (Å²) >= 11 is 0. The molecule has 0 amide bonds. The van der Waals surface area contributed by atoms with E-state index in [-0.39, 0.29) is 16.5 Å². The number of hydrogen-bond acceptors (Lipinski definition) is 7. The first kappa shape index (κ1) is 20.8. The second-order valence-corrected chi connectivity index (χ2v) is 7.54. The van der Waals surface area contributed by atoms with Gasteiger partial charge in [-0.25, -0.2) is 8.42 Å². The molecular formula is C18H26N4O4S. The molecule has 0 spiro atoms. The van der Waals surface area contributed by atoms with Crippen molar-refractivity contribution in [2.24, 2.45) is 0 Å². The van der Waals surface area contributed by atoms with Gasteiger partial charge in [0, 0.05) is 19.2 Å².